The molecule has 0 aliphatic heterocycles. The number of aryl methyl sites for hydroxylation is 1. The summed E-state index contributed by atoms with van der Waals surface area (Å²) >= 11 is 9.53. The molecule has 0 saturated heterocycles. The molecule has 0 heterocycles. The Morgan fingerprint density at radius 1 is 1.14 bits per heavy atom. The summed E-state index contributed by atoms with van der Waals surface area (Å²) in [4.78, 5) is 0. The number of benzene rings is 2. The summed E-state index contributed by atoms with van der Waals surface area (Å²) in [5.74, 6) is 1.62. The Morgan fingerprint density at radius 3 is 2.57 bits per heavy atom. The van der Waals surface area contributed by atoms with Gasteiger partial charge < -0.3 is 10.1 Å². The second kappa shape index (κ2) is 7.83. The number of nitrogens with one attached hydrogen (secondary N) is 1. The van der Waals surface area contributed by atoms with Crippen LogP contribution in [0.3, 0.4) is 0 Å². The number of hydrogen-bond acceptors (Lipinski definition) is 2. The maximum atomic E-state index is 5.96. The zero-order valence-electron chi connectivity index (χ0n) is 12.2. The van der Waals surface area contributed by atoms with Crippen molar-refractivity contribution in [3.05, 3.63) is 57.0 Å². The van der Waals surface area contributed by atoms with Crippen molar-refractivity contribution in [1.82, 2.24) is 5.32 Å². The standard InChI is InChI=1S/C17H19BrClNO/c1-3-8-20-11-13-4-6-17(15(18)10-13)21-16-7-5-14(19)9-12(16)2/h4-7,9-10,20H,3,8,11H2,1-2H3. The van der Waals surface area contributed by atoms with Gasteiger partial charge in [-0.15, -0.1) is 0 Å². The molecule has 112 valence electrons. The van der Waals surface area contributed by atoms with E-state index >= 15 is 0 Å². The summed E-state index contributed by atoms with van der Waals surface area (Å²) in [6.45, 7) is 6.04. The second-order valence-corrected chi connectivity index (χ2v) is 6.24. The van der Waals surface area contributed by atoms with Gasteiger partial charge in [0.2, 0.25) is 0 Å². The average Bonchev–Trinajstić information content (AvgIpc) is 2.44. The monoisotopic (exact) mass is 367 g/mol. The molecular weight excluding hydrogens is 350 g/mol. The molecule has 0 aromatic heterocycles. The fourth-order valence-corrected chi connectivity index (χ4v) is 2.73. The number of hydrogen-bond donors (Lipinski definition) is 1. The predicted molar refractivity (Wildman–Crippen MR) is 92.4 cm³/mol. The van der Waals surface area contributed by atoms with Gasteiger partial charge in [-0.3, -0.25) is 0 Å². The molecule has 2 aromatic carbocycles. The fourth-order valence-electron chi connectivity index (χ4n) is 1.99. The van der Waals surface area contributed by atoms with E-state index in [4.69, 9.17) is 16.3 Å². The Morgan fingerprint density at radius 2 is 1.90 bits per heavy atom. The zero-order valence-corrected chi connectivity index (χ0v) is 14.6. The third-order valence-corrected chi connectivity index (χ3v) is 3.96. The summed E-state index contributed by atoms with van der Waals surface area (Å²) in [5.41, 5.74) is 2.25. The summed E-state index contributed by atoms with van der Waals surface area (Å²) in [6.07, 6.45) is 1.14. The van der Waals surface area contributed by atoms with E-state index in [2.05, 4.69) is 40.3 Å². The second-order valence-electron chi connectivity index (χ2n) is 4.95. The van der Waals surface area contributed by atoms with Crippen LogP contribution in [0.25, 0.3) is 0 Å². The normalized spacial score (nSPS) is 10.7. The highest BCUT2D eigenvalue weighted by Crippen LogP contribution is 2.33. The highest BCUT2D eigenvalue weighted by Gasteiger charge is 2.06. The molecule has 0 aliphatic carbocycles. The van der Waals surface area contributed by atoms with E-state index in [0.717, 1.165) is 46.1 Å². The van der Waals surface area contributed by atoms with Gasteiger partial charge in [0.1, 0.15) is 11.5 Å². The van der Waals surface area contributed by atoms with Gasteiger partial charge in [0.25, 0.3) is 0 Å². The van der Waals surface area contributed by atoms with Crippen molar-refractivity contribution >= 4 is 27.5 Å². The molecule has 0 unspecified atom stereocenters. The minimum Gasteiger partial charge on any atom is -0.456 e. The lowest BCUT2D eigenvalue weighted by Crippen LogP contribution is -2.13. The van der Waals surface area contributed by atoms with Crippen molar-refractivity contribution in [1.29, 1.82) is 0 Å². The maximum absolute atomic E-state index is 5.96. The van der Waals surface area contributed by atoms with E-state index in [0.29, 0.717) is 0 Å². The molecule has 0 saturated carbocycles. The lowest BCUT2D eigenvalue weighted by molar-refractivity contribution is 0.475. The van der Waals surface area contributed by atoms with E-state index in [-0.39, 0.29) is 0 Å². The Labute approximate surface area is 139 Å². The molecule has 1 N–H and O–H groups in total. The maximum Gasteiger partial charge on any atom is 0.141 e. The molecule has 0 spiro atoms. The fraction of sp³-hybridized carbons (Fsp3) is 0.294. The first kappa shape index (κ1) is 16.3. The van der Waals surface area contributed by atoms with Gasteiger partial charge in [-0.25, -0.2) is 0 Å². The van der Waals surface area contributed by atoms with E-state index in [1.807, 2.05) is 31.2 Å². The lowest BCUT2D eigenvalue weighted by atomic mass is 10.2. The highest BCUT2D eigenvalue weighted by atomic mass is 79.9. The Balaban J connectivity index is 2.10. The quantitative estimate of drug-likeness (QED) is 0.660. The number of halogens is 2. The molecule has 4 heteroatoms. The van der Waals surface area contributed by atoms with E-state index in [1.54, 1.807) is 0 Å². The van der Waals surface area contributed by atoms with E-state index in [9.17, 15) is 0 Å². The summed E-state index contributed by atoms with van der Waals surface area (Å²) in [6, 6.07) is 11.8. The average molecular weight is 369 g/mol. The molecule has 0 radical (unpaired) electrons. The van der Waals surface area contributed by atoms with E-state index in [1.165, 1.54) is 5.56 Å². The lowest BCUT2D eigenvalue weighted by Gasteiger charge is -2.12. The van der Waals surface area contributed by atoms with Gasteiger partial charge in [-0.1, -0.05) is 24.6 Å². The predicted octanol–water partition coefficient (Wildman–Crippen LogP) is 5.70. The van der Waals surface area contributed by atoms with Crippen LogP contribution in [0.2, 0.25) is 5.02 Å². The molecular formula is C17H19BrClNO. The number of ether oxygens (including phenoxy) is 1. The number of rotatable bonds is 6. The van der Waals surface area contributed by atoms with Crippen LogP contribution in [0.4, 0.5) is 0 Å². The first-order valence-corrected chi connectivity index (χ1v) is 8.20. The van der Waals surface area contributed by atoms with Gasteiger partial charge in [-0.05, 0) is 77.3 Å². The molecule has 0 fully saturated rings. The largest absolute Gasteiger partial charge is 0.456 e. The third-order valence-electron chi connectivity index (χ3n) is 3.11. The van der Waals surface area contributed by atoms with Crippen LogP contribution in [-0.2, 0) is 6.54 Å². The van der Waals surface area contributed by atoms with Crippen molar-refractivity contribution in [3.8, 4) is 11.5 Å². The first-order chi connectivity index (χ1) is 10.1. The molecule has 2 aromatic rings. The van der Waals surface area contributed by atoms with Gasteiger partial charge in [0.05, 0.1) is 4.47 Å². The van der Waals surface area contributed by atoms with Crippen molar-refractivity contribution in [2.24, 2.45) is 0 Å². The molecule has 0 atom stereocenters. The van der Waals surface area contributed by atoms with Gasteiger partial charge in [-0.2, -0.15) is 0 Å². The molecule has 21 heavy (non-hydrogen) atoms. The highest BCUT2D eigenvalue weighted by molar-refractivity contribution is 9.10. The topological polar surface area (TPSA) is 21.3 Å². The van der Waals surface area contributed by atoms with Crippen LogP contribution in [0.15, 0.2) is 40.9 Å². The van der Waals surface area contributed by atoms with Crippen LogP contribution in [0.5, 0.6) is 11.5 Å². The van der Waals surface area contributed by atoms with Crippen LogP contribution >= 0.6 is 27.5 Å². The Hall–Kier alpha value is -1.03. The van der Waals surface area contributed by atoms with Crippen LogP contribution in [0, 0.1) is 6.92 Å². The van der Waals surface area contributed by atoms with E-state index < -0.39 is 0 Å². The third kappa shape index (κ3) is 4.73. The molecule has 2 nitrogen and oxygen atoms in total. The summed E-state index contributed by atoms with van der Waals surface area (Å²) in [7, 11) is 0. The van der Waals surface area contributed by atoms with Crippen LogP contribution in [0.1, 0.15) is 24.5 Å². The van der Waals surface area contributed by atoms with Gasteiger partial charge >= 0.3 is 0 Å². The van der Waals surface area contributed by atoms with Crippen molar-refractivity contribution in [2.75, 3.05) is 6.54 Å². The SMILES string of the molecule is CCCNCc1ccc(Oc2ccc(Cl)cc2C)c(Br)c1. The minimum absolute atomic E-state index is 0.719. The zero-order chi connectivity index (χ0) is 15.2. The molecule has 2 rings (SSSR count). The van der Waals surface area contributed by atoms with Crippen molar-refractivity contribution < 1.29 is 4.74 Å². The van der Waals surface area contributed by atoms with Gasteiger partial charge in [0, 0.05) is 11.6 Å². The van der Waals surface area contributed by atoms with Crippen LogP contribution in [-0.4, -0.2) is 6.54 Å². The summed E-state index contributed by atoms with van der Waals surface area (Å²) in [5, 5.41) is 4.11. The molecule has 0 amide bonds. The Kier molecular flexibility index (Phi) is 6.09. The molecule has 0 bridgehead atoms. The van der Waals surface area contributed by atoms with Crippen molar-refractivity contribution in [2.45, 2.75) is 26.8 Å². The first-order valence-electron chi connectivity index (χ1n) is 7.03. The van der Waals surface area contributed by atoms with Crippen molar-refractivity contribution in [3.63, 3.8) is 0 Å². The van der Waals surface area contributed by atoms with Crippen LogP contribution < -0.4 is 10.1 Å². The Bertz CT molecular complexity index is 616. The van der Waals surface area contributed by atoms with Gasteiger partial charge in [0.15, 0.2) is 0 Å². The minimum atomic E-state index is 0.719. The molecule has 0 aliphatic rings. The summed E-state index contributed by atoms with van der Waals surface area (Å²) < 4.78 is 6.90. The smallest absolute Gasteiger partial charge is 0.141 e.